The molecule has 1 aromatic rings. The van der Waals surface area contributed by atoms with E-state index < -0.39 is 0 Å². The smallest absolute Gasteiger partial charge is 0.224 e. The molecule has 78 valence electrons. The lowest BCUT2D eigenvalue weighted by atomic mass is 10.2. The monoisotopic (exact) mass is 277 g/mol. The van der Waals surface area contributed by atoms with Crippen LogP contribution in [0.5, 0.6) is 0 Å². The maximum absolute atomic E-state index is 5.70. The zero-order chi connectivity index (χ0) is 10.6. The third-order valence-corrected chi connectivity index (χ3v) is 2.80. The Morgan fingerprint density at radius 2 is 2.14 bits per heavy atom. The quantitative estimate of drug-likeness (QED) is 0.857. The van der Waals surface area contributed by atoms with Crippen molar-refractivity contribution in [3.8, 4) is 0 Å². The maximum atomic E-state index is 5.70. The van der Waals surface area contributed by atoms with Gasteiger partial charge in [-0.3, -0.25) is 0 Å². The van der Waals surface area contributed by atoms with Gasteiger partial charge in [0.25, 0.3) is 0 Å². The minimum atomic E-state index is 0.265. The number of hydrogen-bond acceptors (Lipinski definition) is 3. The lowest BCUT2D eigenvalue weighted by Gasteiger charge is -2.16. The van der Waals surface area contributed by atoms with Gasteiger partial charge in [0.05, 0.1) is 4.47 Å². The number of rotatable bonds is 4. The van der Waals surface area contributed by atoms with E-state index >= 15 is 0 Å². The summed E-state index contributed by atoms with van der Waals surface area (Å²) in [5.74, 6) is 0.763. The molecule has 0 saturated heterocycles. The third-order valence-electron chi connectivity index (χ3n) is 2.04. The van der Waals surface area contributed by atoms with Gasteiger partial charge in [-0.2, -0.15) is 4.98 Å². The summed E-state index contributed by atoms with van der Waals surface area (Å²) in [6, 6.07) is 0.428. The van der Waals surface area contributed by atoms with Crippen LogP contribution in [0, 0.1) is 0 Å². The molecule has 0 aromatic carbocycles. The van der Waals surface area contributed by atoms with Crippen LogP contribution in [0.2, 0.25) is 5.28 Å². The zero-order valence-electron chi connectivity index (χ0n) is 8.22. The second-order valence-corrected chi connectivity index (χ2v) is 4.19. The molecule has 0 atom stereocenters. The Morgan fingerprint density at radius 3 is 2.71 bits per heavy atom. The van der Waals surface area contributed by atoms with Crippen molar-refractivity contribution in [1.29, 1.82) is 0 Å². The minimum absolute atomic E-state index is 0.265. The number of halogens is 2. The number of aromatic nitrogens is 2. The Bertz CT molecular complexity index is 302. The molecule has 0 spiro atoms. The molecule has 1 heterocycles. The highest BCUT2D eigenvalue weighted by atomic mass is 79.9. The van der Waals surface area contributed by atoms with Gasteiger partial charge in [-0.05, 0) is 40.4 Å². The molecule has 0 unspecified atom stereocenters. The average Bonchev–Trinajstić information content (AvgIpc) is 2.19. The van der Waals surface area contributed by atoms with E-state index in [9.17, 15) is 0 Å². The molecular weight excluding hydrogens is 265 g/mol. The molecule has 0 saturated carbocycles. The highest BCUT2D eigenvalue weighted by molar-refractivity contribution is 9.10. The van der Waals surface area contributed by atoms with Gasteiger partial charge < -0.3 is 5.32 Å². The summed E-state index contributed by atoms with van der Waals surface area (Å²) in [5.41, 5.74) is 0. The van der Waals surface area contributed by atoms with Crippen molar-refractivity contribution in [2.24, 2.45) is 0 Å². The minimum Gasteiger partial charge on any atom is -0.366 e. The van der Waals surface area contributed by atoms with Crippen molar-refractivity contribution in [2.45, 2.75) is 32.7 Å². The van der Waals surface area contributed by atoms with E-state index in [2.05, 4.69) is 45.1 Å². The molecule has 5 heteroatoms. The molecule has 0 aliphatic heterocycles. The van der Waals surface area contributed by atoms with E-state index in [0.29, 0.717) is 6.04 Å². The van der Waals surface area contributed by atoms with Gasteiger partial charge in [0, 0.05) is 12.2 Å². The summed E-state index contributed by atoms with van der Waals surface area (Å²) in [5, 5.41) is 3.57. The van der Waals surface area contributed by atoms with Crippen molar-refractivity contribution in [3.05, 3.63) is 16.0 Å². The van der Waals surface area contributed by atoms with Gasteiger partial charge in [0.2, 0.25) is 5.28 Å². The zero-order valence-corrected chi connectivity index (χ0v) is 10.6. The first-order valence-corrected chi connectivity index (χ1v) is 5.79. The maximum Gasteiger partial charge on any atom is 0.224 e. The summed E-state index contributed by atoms with van der Waals surface area (Å²) in [7, 11) is 0. The fourth-order valence-corrected chi connectivity index (χ4v) is 1.57. The Balaban J connectivity index is 2.79. The molecule has 0 amide bonds. The van der Waals surface area contributed by atoms with Crippen LogP contribution < -0.4 is 5.32 Å². The lowest BCUT2D eigenvalue weighted by molar-refractivity contribution is 0.667. The standard InChI is InChI=1S/C9H13BrClN3/c1-3-6(4-2)13-8-7(10)5-12-9(11)14-8/h5-6H,3-4H2,1-2H3,(H,12,13,14). The highest BCUT2D eigenvalue weighted by Gasteiger charge is 2.08. The molecular formula is C9H13BrClN3. The molecule has 0 fully saturated rings. The van der Waals surface area contributed by atoms with Crippen LogP contribution in [0.25, 0.3) is 0 Å². The third kappa shape index (κ3) is 3.10. The first-order chi connectivity index (χ1) is 6.67. The summed E-state index contributed by atoms with van der Waals surface area (Å²) >= 11 is 9.07. The molecule has 0 aliphatic carbocycles. The fraction of sp³-hybridized carbons (Fsp3) is 0.556. The lowest BCUT2D eigenvalue weighted by Crippen LogP contribution is -2.18. The summed E-state index contributed by atoms with van der Waals surface area (Å²) < 4.78 is 0.841. The SMILES string of the molecule is CCC(CC)Nc1nc(Cl)ncc1Br. The molecule has 1 aromatic heterocycles. The summed E-state index contributed by atoms with van der Waals surface area (Å²) in [4.78, 5) is 7.97. The molecule has 3 nitrogen and oxygen atoms in total. The van der Waals surface area contributed by atoms with Crippen LogP contribution in [0.15, 0.2) is 10.7 Å². The molecule has 0 bridgehead atoms. The topological polar surface area (TPSA) is 37.8 Å². The number of nitrogens with zero attached hydrogens (tertiary/aromatic N) is 2. The predicted molar refractivity (Wildman–Crippen MR) is 62.7 cm³/mol. The van der Waals surface area contributed by atoms with Crippen molar-refractivity contribution in [1.82, 2.24) is 9.97 Å². The Morgan fingerprint density at radius 1 is 1.50 bits per heavy atom. The number of nitrogens with one attached hydrogen (secondary N) is 1. The van der Waals surface area contributed by atoms with Crippen LogP contribution in [0.3, 0.4) is 0 Å². The second kappa shape index (κ2) is 5.51. The highest BCUT2D eigenvalue weighted by Crippen LogP contribution is 2.21. The first-order valence-electron chi connectivity index (χ1n) is 4.62. The van der Waals surface area contributed by atoms with E-state index in [0.717, 1.165) is 23.1 Å². The van der Waals surface area contributed by atoms with Crippen LogP contribution in [0.1, 0.15) is 26.7 Å². The molecule has 1 N–H and O–H groups in total. The number of anilines is 1. The van der Waals surface area contributed by atoms with Crippen molar-refractivity contribution >= 4 is 33.3 Å². The van der Waals surface area contributed by atoms with E-state index in [-0.39, 0.29) is 5.28 Å². The molecule has 1 rings (SSSR count). The van der Waals surface area contributed by atoms with Gasteiger partial charge in [0.1, 0.15) is 5.82 Å². The van der Waals surface area contributed by atoms with E-state index in [1.54, 1.807) is 6.20 Å². The van der Waals surface area contributed by atoms with Gasteiger partial charge >= 0.3 is 0 Å². The molecule has 14 heavy (non-hydrogen) atoms. The molecule has 0 aliphatic rings. The number of hydrogen-bond donors (Lipinski definition) is 1. The second-order valence-electron chi connectivity index (χ2n) is 2.99. The van der Waals surface area contributed by atoms with Crippen molar-refractivity contribution in [2.75, 3.05) is 5.32 Å². The predicted octanol–water partition coefficient (Wildman–Crippen LogP) is 3.49. The summed E-state index contributed by atoms with van der Waals surface area (Å²) in [6.07, 6.45) is 3.77. The van der Waals surface area contributed by atoms with Crippen LogP contribution in [-0.4, -0.2) is 16.0 Å². The van der Waals surface area contributed by atoms with Crippen LogP contribution in [0.4, 0.5) is 5.82 Å². The normalized spacial score (nSPS) is 10.6. The van der Waals surface area contributed by atoms with Crippen molar-refractivity contribution < 1.29 is 0 Å². The van der Waals surface area contributed by atoms with E-state index in [1.807, 2.05) is 0 Å². The van der Waals surface area contributed by atoms with E-state index in [4.69, 9.17) is 11.6 Å². The average molecular weight is 279 g/mol. The van der Waals surface area contributed by atoms with Crippen molar-refractivity contribution in [3.63, 3.8) is 0 Å². The first kappa shape index (κ1) is 11.7. The molecule has 0 radical (unpaired) electrons. The van der Waals surface area contributed by atoms with Gasteiger partial charge in [-0.25, -0.2) is 4.98 Å². The Kier molecular flexibility index (Phi) is 4.62. The fourth-order valence-electron chi connectivity index (χ4n) is 1.13. The van der Waals surface area contributed by atoms with E-state index in [1.165, 1.54) is 0 Å². The Hall–Kier alpha value is -0.350. The van der Waals surface area contributed by atoms with Crippen LogP contribution in [-0.2, 0) is 0 Å². The van der Waals surface area contributed by atoms with Crippen LogP contribution >= 0.6 is 27.5 Å². The van der Waals surface area contributed by atoms with Gasteiger partial charge in [0.15, 0.2) is 0 Å². The van der Waals surface area contributed by atoms with Gasteiger partial charge in [-0.15, -0.1) is 0 Å². The summed E-state index contributed by atoms with van der Waals surface area (Å²) in [6.45, 7) is 4.27. The largest absolute Gasteiger partial charge is 0.366 e. The van der Waals surface area contributed by atoms with Gasteiger partial charge in [-0.1, -0.05) is 13.8 Å². The Labute approximate surface area is 97.4 Å².